The molecule has 0 unspecified atom stereocenters. The van der Waals surface area contributed by atoms with E-state index < -0.39 is 5.92 Å². The molecule has 0 fully saturated rings. The van der Waals surface area contributed by atoms with Crippen molar-refractivity contribution in [2.75, 3.05) is 12.0 Å². The first-order chi connectivity index (χ1) is 11.1. The fraction of sp³-hybridized carbons (Fsp3) is 0.500. The molecule has 124 valence electrons. The van der Waals surface area contributed by atoms with Gasteiger partial charge in [0.05, 0.1) is 30.4 Å². The van der Waals surface area contributed by atoms with Crippen LogP contribution in [0.2, 0.25) is 0 Å². The zero-order valence-electron chi connectivity index (χ0n) is 12.9. The Balaban J connectivity index is 2.56. The van der Waals surface area contributed by atoms with Gasteiger partial charge in [-0.15, -0.1) is 0 Å². The average molecular weight is 320 g/mol. The molecule has 9 heteroatoms. The van der Waals surface area contributed by atoms with Gasteiger partial charge in [-0.25, -0.2) is 15.0 Å². The molecule has 0 aliphatic heterocycles. The summed E-state index contributed by atoms with van der Waals surface area (Å²) in [6.45, 7) is 1.96. The number of nitrogens with one attached hydrogen (secondary N) is 2. The van der Waals surface area contributed by atoms with E-state index in [0.717, 1.165) is 19.3 Å². The van der Waals surface area contributed by atoms with E-state index in [1.165, 1.54) is 12.4 Å². The topological polar surface area (TPSA) is 131 Å². The summed E-state index contributed by atoms with van der Waals surface area (Å²) in [6, 6.07) is 1.89. The highest BCUT2D eigenvalue weighted by Gasteiger charge is 2.20. The predicted molar refractivity (Wildman–Crippen MR) is 80.7 cm³/mol. The zero-order chi connectivity index (χ0) is 17.1. The highest BCUT2D eigenvalue weighted by atomic mass is 16.5. The molecule has 0 radical (unpaired) electrons. The van der Waals surface area contributed by atoms with Crippen molar-refractivity contribution in [2.24, 2.45) is 5.92 Å². The van der Waals surface area contributed by atoms with Gasteiger partial charge < -0.3 is 0 Å². The number of aromatic nitrogens is 2. The molecule has 0 aromatic carbocycles. The van der Waals surface area contributed by atoms with Crippen LogP contribution in [-0.2, 0) is 9.59 Å². The van der Waals surface area contributed by atoms with E-state index in [1.54, 1.807) is 0 Å². The molecule has 1 atom stereocenters. The Morgan fingerprint density at radius 2 is 2.17 bits per heavy atom. The second-order valence-corrected chi connectivity index (χ2v) is 4.94. The summed E-state index contributed by atoms with van der Waals surface area (Å²) in [5, 5.41) is 18.4. The van der Waals surface area contributed by atoms with E-state index in [2.05, 4.69) is 20.8 Å². The largest absolute Gasteiger partial charge is 0.286 e. The van der Waals surface area contributed by atoms with Crippen LogP contribution in [-0.4, -0.2) is 39.1 Å². The third-order valence-corrected chi connectivity index (χ3v) is 3.13. The van der Waals surface area contributed by atoms with Gasteiger partial charge in [0.2, 0.25) is 18.3 Å². The maximum absolute atomic E-state index is 12.2. The number of rotatable bonds is 10. The molecule has 1 aromatic rings. The molecule has 3 N–H and O–H groups in total. The molecule has 0 bridgehead atoms. The Morgan fingerprint density at radius 3 is 2.74 bits per heavy atom. The smallest absolute Gasteiger partial charge is 0.243 e. The highest BCUT2D eigenvalue weighted by molar-refractivity contribution is 5.80. The maximum Gasteiger partial charge on any atom is 0.243 e. The summed E-state index contributed by atoms with van der Waals surface area (Å²) in [5.74, 6) is -0.793. The number of hydrogen-bond donors (Lipinski definition) is 3. The Bertz CT molecular complexity index is 542. The standard InChI is InChI=1S/C14H20N6O3/c1-2-3-4-5-12(9-20(23)10-21)13(22)18-19-14-16-7-11(6-15)8-17-14/h7-8,10,12,23H,2-5,9H2,1H3,(H,18,22)(H,16,17,19)/t12-/m0/s1. The van der Waals surface area contributed by atoms with Crippen molar-refractivity contribution >= 4 is 18.3 Å². The molecular formula is C14H20N6O3. The molecule has 23 heavy (non-hydrogen) atoms. The summed E-state index contributed by atoms with van der Waals surface area (Å²) in [5.41, 5.74) is 5.29. The summed E-state index contributed by atoms with van der Waals surface area (Å²) < 4.78 is 0. The Kier molecular flexibility index (Phi) is 8.02. The number of hydrogen-bond acceptors (Lipinski definition) is 7. The molecule has 1 aromatic heterocycles. The lowest BCUT2D eigenvalue weighted by Gasteiger charge is -2.19. The lowest BCUT2D eigenvalue weighted by molar-refractivity contribution is -0.154. The molecule has 0 aliphatic rings. The van der Waals surface area contributed by atoms with Crippen molar-refractivity contribution in [3.63, 3.8) is 0 Å². The number of anilines is 1. The third kappa shape index (κ3) is 6.71. The minimum Gasteiger partial charge on any atom is -0.286 e. The van der Waals surface area contributed by atoms with E-state index in [-0.39, 0.29) is 24.8 Å². The van der Waals surface area contributed by atoms with Gasteiger partial charge in [-0.3, -0.25) is 25.6 Å². The Morgan fingerprint density at radius 1 is 1.48 bits per heavy atom. The summed E-state index contributed by atoms with van der Waals surface area (Å²) >= 11 is 0. The van der Waals surface area contributed by atoms with Crippen molar-refractivity contribution in [3.05, 3.63) is 18.0 Å². The summed E-state index contributed by atoms with van der Waals surface area (Å²) in [4.78, 5) is 30.4. The first kappa shape index (κ1) is 18.3. The number of amides is 2. The van der Waals surface area contributed by atoms with E-state index >= 15 is 0 Å². The minimum absolute atomic E-state index is 0.0883. The molecule has 0 spiro atoms. The normalized spacial score (nSPS) is 11.2. The number of carbonyl (C=O) groups excluding carboxylic acids is 2. The fourth-order valence-electron chi connectivity index (χ4n) is 1.88. The van der Waals surface area contributed by atoms with E-state index in [4.69, 9.17) is 5.26 Å². The fourth-order valence-corrected chi connectivity index (χ4v) is 1.88. The van der Waals surface area contributed by atoms with Crippen LogP contribution in [0.5, 0.6) is 0 Å². The van der Waals surface area contributed by atoms with Crippen molar-refractivity contribution < 1.29 is 14.8 Å². The predicted octanol–water partition coefficient (Wildman–Crippen LogP) is 0.835. The van der Waals surface area contributed by atoms with Crippen LogP contribution >= 0.6 is 0 Å². The monoisotopic (exact) mass is 320 g/mol. The minimum atomic E-state index is -0.553. The van der Waals surface area contributed by atoms with Gasteiger partial charge >= 0.3 is 0 Å². The molecule has 0 saturated heterocycles. The SMILES string of the molecule is CCCCC[C@@H](CN(O)C=O)C(=O)NNc1ncc(C#N)cn1. The van der Waals surface area contributed by atoms with E-state index in [1.807, 2.05) is 13.0 Å². The number of hydroxylamine groups is 2. The Hall–Kier alpha value is -2.73. The van der Waals surface area contributed by atoms with E-state index in [0.29, 0.717) is 17.0 Å². The first-order valence-electron chi connectivity index (χ1n) is 7.29. The van der Waals surface area contributed by atoms with Crippen LogP contribution in [0.1, 0.15) is 38.2 Å². The molecule has 1 heterocycles. The zero-order valence-corrected chi connectivity index (χ0v) is 12.9. The van der Waals surface area contributed by atoms with Crippen molar-refractivity contribution in [3.8, 4) is 6.07 Å². The first-order valence-corrected chi connectivity index (χ1v) is 7.29. The van der Waals surface area contributed by atoms with Crippen molar-refractivity contribution in [2.45, 2.75) is 32.6 Å². The highest BCUT2D eigenvalue weighted by Crippen LogP contribution is 2.11. The molecule has 1 rings (SSSR count). The molecule has 9 nitrogen and oxygen atoms in total. The van der Waals surface area contributed by atoms with Gasteiger partial charge in [-0.05, 0) is 6.42 Å². The second-order valence-electron chi connectivity index (χ2n) is 4.94. The van der Waals surface area contributed by atoms with Gasteiger partial charge in [0, 0.05) is 0 Å². The van der Waals surface area contributed by atoms with Crippen LogP contribution in [0.25, 0.3) is 0 Å². The van der Waals surface area contributed by atoms with Gasteiger partial charge in [-0.1, -0.05) is 26.2 Å². The van der Waals surface area contributed by atoms with Crippen LogP contribution in [0.4, 0.5) is 5.95 Å². The van der Waals surface area contributed by atoms with Crippen LogP contribution in [0.15, 0.2) is 12.4 Å². The van der Waals surface area contributed by atoms with Crippen LogP contribution in [0.3, 0.4) is 0 Å². The lowest BCUT2D eigenvalue weighted by atomic mass is 10.0. The van der Waals surface area contributed by atoms with Crippen molar-refractivity contribution in [1.82, 2.24) is 20.5 Å². The van der Waals surface area contributed by atoms with Crippen LogP contribution < -0.4 is 10.9 Å². The number of carbonyl (C=O) groups is 2. The summed E-state index contributed by atoms with van der Waals surface area (Å²) in [7, 11) is 0. The number of nitrogens with zero attached hydrogens (tertiary/aromatic N) is 4. The van der Waals surface area contributed by atoms with Crippen LogP contribution in [0, 0.1) is 17.2 Å². The van der Waals surface area contributed by atoms with Gasteiger partial charge in [-0.2, -0.15) is 5.26 Å². The molecule has 0 saturated carbocycles. The van der Waals surface area contributed by atoms with Gasteiger partial charge in [0.15, 0.2) is 0 Å². The third-order valence-electron chi connectivity index (χ3n) is 3.13. The van der Waals surface area contributed by atoms with Crippen molar-refractivity contribution in [1.29, 1.82) is 5.26 Å². The quantitative estimate of drug-likeness (QED) is 0.252. The average Bonchev–Trinajstić information content (AvgIpc) is 2.59. The Labute approximate surface area is 134 Å². The molecular weight excluding hydrogens is 300 g/mol. The van der Waals surface area contributed by atoms with Gasteiger partial charge in [0.1, 0.15) is 6.07 Å². The number of unbranched alkanes of at least 4 members (excludes halogenated alkanes) is 2. The number of hydrazine groups is 1. The lowest BCUT2D eigenvalue weighted by Crippen LogP contribution is -2.40. The molecule has 0 aliphatic carbocycles. The van der Waals surface area contributed by atoms with E-state index in [9.17, 15) is 14.8 Å². The summed E-state index contributed by atoms with van der Waals surface area (Å²) in [6.07, 6.45) is 6.22. The second kappa shape index (κ2) is 10.1. The van der Waals surface area contributed by atoms with Gasteiger partial charge in [0.25, 0.3) is 0 Å². The maximum atomic E-state index is 12.2. The number of nitriles is 1. The molecule has 2 amide bonds.